The van der Waals surface area contributed by atoms with Crippen LogP contribution in [0.2, 0.25) is 0 Å². The predicted octanol–water partition coefficient (Wildman–Crippen LogP) is -1.95. The molecule has 2 heterocycles. The molecule has 2 aromatic rings. The molecule has 0 aromatic heterocycles. The summed E-state index contributed by atoms with van der Waals surface area (Å²) in [6.07, 6.45) is -14.9. The van der Waals surface area contributed by atoms with Crippen LogP contribution in [0.1, 0.15) is 11.1 Å². The van der Waals surface area contributed by atoms with Gasteiger partial charge in [-0.15, -0.1) is 0 Å². The van der Waals surface area contributed by atoms with Crippen molar-refractivity contribution in [2.45, 2.75) is 78.4 Å². The quantitative estimate of drug-likeness (QED) is 0.145. The van der Waals surface area contributed by atoms with Crippen LogP contribution in [0.15, 0.2) is 58.3 Å². The number of ether oxygens (including phenoxy) is 3. The van der Waals surface area contributed by atoms with E-state index < -0.39 is 94.9 Å². The second-order valence-corrected chi connectivity index (χ2v) is 13.5. The average molecular weight is 651 g/mol. The highest BCUT2D eigenvalue weighted by atomic mass is 32.2. The van der Waals surface area contributed by atoms with Gasteiger partial charge in [0, 0.05) is 0 Å². The van der Waals surface area contributed by atoms with E-state index in [9.17, 15) is 47.5 Å². The van der Waals surface area contributed by atoms with Crippen molar-refractivity contribution in [1.29, 1.82) is 0 Å². The van der Waals surface area contributed by atoms with Crippen molar-refractivity contribution in [3.63, 3.8) is 0 Å². The molecule has 2 aliphatic heterocycles. The normalized spacial score (nSPS) is 33.5. The molecule has 9 atom stereocenters. The fourth-order valence-corrected chi connectivity index (χ4v) is 6.30. The van der Waals surface area contributed by atoms with Gasteiger partial charge < -0.3 is 44.8 Å². The Labute approximate surface area is 248 Å². The van der Waals surface area contributed by atoms with Gasteiger partial charge in [0.2, 0.25) is 5.79 Å². The third-order valence-electron chi connectivity index (χ3n) is 7.10. The van der Waals surface area contributed by atoms with E-state index in [-0.39, 0.29) is 9.79 Å². The van der Waals surface area contributed by atoms with Crippen molar-refractivity contribution in [3.8, 4) is 0 Å². The van der Waals surface area contributed by atoms with Crippen LogP contribution in [0.25, 0.3) is 0 Å². The Balaban J connectivity index is 1.45. The summed E-state index contributed by atoms with van der Waals surface area (Å²) >= 11 is 0. The van der Waals surface area contributed by atoms with Crippen LogP contribution < -0.4 is 0 Å². The third kappa shape index (κ3) is 7.25. The van der Waals surface area contributed by atoms with Crippen LogP contribution in [0.4, 0.5) is 0 Å². The molecule has 0 radical (unpaired) electrons. The molecule has 240 valence electrons. The largest absolute Gasteiger partial charge is 0.391 e. The lowest BCUT2D eigenvalue weighted by Crippen LogP contribution is -2.62. The molecule has 4 rings (SSSR count). The molecule has 15 nitrogen and oxygen atoms in total. The monoisotopic (exact) mass is 650 g/mol. The van der Waals surface area contributed by atoms with Gasteiger partial charge in [-0.25, -0.2) is 0 Å². The molecular formula is C26H34O15S2. The van der Waals surface area contributed by atoms with Crippen molar-refractivity contribution in [2.75, 3.05) is 19.8 Å². The SMILES string of the molecule is Cc1ccc(S(=O)(=O)OC[C@@H]2O[C@](CO)(O[C@@H]3O[C@H](COS(=O)(=O)c4ccc(C)cc4)[C@@H](O)[C@H](O)[C@@H]3O)[C@H](O)[C@@H]2O)cc1. The lowest BCUT2D eigenvalue weighted by molar-refractivity contribution is -0.383. The molecule has 0 unspecified atom stereocenters. The van der Waals surface area contributed by atoms with Gasteiger partial charge in [0.1, 0.15) is 49.3 Å². The molecule has 2 saturated heterocycles. The third-order valence-corrected chi connectivity index (χ3v) is 9.70. The Hall–Kier alpha value is -2.10. The summed E-state index contributed by atoms with van der Waals surface area (Å²) < 4.78 is 76.6. The second-order valence-electron chi connectivity index (χ2n) is 10.3. The van der Waals surface area contributed by atoms with Crippen LogP contribution in [-0.4, -0.2) is 122 Å². The number of hydrogen-bond donors (Lipinski definition) is 6. The lowest BCUT2D eigenvalue weighted by atomic mass is 9.99. The molecule has 17 heteroatoms. The van der Waals surface area contributed by atoms with Crippen molar-refractivity contribution in [1.82, 2.24) is 0 Å². The number of aliphatic hydroxyl groups is 6. The van der Waals surface area contributed by atoms with E-state index in [4.69, 9.17) is 22.6 Å². The standard InChI is InChI=1S/C26H34O15S2/c1-14-3-7-16(8-4-14)42(33,34)37-11-18-20(28)22(30)23(31)25(39-18)41-26(13-27)24(32)21(29)19(40-26)12-38-43(35,36)17-9-5-15(2)6-10-17/h3-10,18-25,27-32H,11-13H2,1-2H3/t18-,19+,20-,21-,22+,23+,24-,25+,26-/m1/s1. The number of hydrogen-bond acceptors (Lipinski definition) is 15. The maximum absolute atomic E-state index is 12.6. The second kappa shape index (κ2) is 13.1. The van der Waals surface area contributed by atoms with E-state index in [2.05, 4.69) is 0 Å². The number of rotatable bonds is 11. The van der Waals surface area contributed by atoms with Gasteiger partial charge in [-0.3, -0.25) is 8.37 Å². The van der Waals surface area contributed by atoms with E-state index in [1.165, 1.54) is 36.4 Å². The summed E-state index contributed by atoms with van der Waals surface area (Å²) in [4.78, 5) is -0.370. The molecule has 2 aliphatic rings. The van der Waals surface area contributed by atoms with Crippen molar-refractivity contribution < 1.29 is 70.1 Å². The number of aliphatic hydroxyl groups excluding tert-OH is 6. The van der Waals surface area contributed by atoms with Gasteiger partial charge in [0.15, 0.2) is 6.29 Å². The van der Waals surface area contributed by atoms with Gasteiger partial charge >= 0.3 is 0 Å². The van der Waals surface area contributed by atoms with Crippen LogP contribution in [-0.2, 0) is 42.8 Å². The van der Waals surface area contributed by atoms with Crippen LogP contribution in [0, 0.1) is 13.8 Å². The first-order valence-corrected chi connectivity index (χ1v) is 15.9. The van der Waals surface area contributed by atoms with Crippen molar-refractivity contribution in [3.05, 3.63) is 59.7 Å². The van der Waals surface area contributed by atoms with E-state index >= 15 is 0 Å². The first-order chi connectivity index (χ1) is 20.1. The summed E-state index contributed by atoms with van der Waals surface area (Å²) in [5.41, 5.74) is 1.59. The summed E-state index contributed by atoms with van der Waals surface area (Å²) in [7, 11) is -8.64. The van der Waals surface area contributed by atoms with Crippen LogP contribution >= 0.6 is 0 Å². The minimum Gasteiger partial charge on any atom is -0.391 e. The van der Waals surface area contributed by atoms with Crippen molar-refractivity contribution in [2.24, 2.45) is 0 Å². The summed E-state index contributed by atoms with van der Waals surface area (Å²) in [6.45, 7) is 0.683. The highest BCUT2D eigenvalue weighted by molar-refractivity contribution is 7.87. The fraction of sp³-hybridized carbons (Fsp3) is 0.538. The van der Waals surface area contributed by atoms with Crippen LogP contribution in [0.5, 0.6) is 0 Å². The van der Waals surface area contributed by atoms with Gasteiger partial charge in [-0.1, -0.05) is 35.4 Å². The zero-order chi connectivity index (χ0) is 31.7. The molecule has 0 spiro atoms. The smallest absolute Gasteiger partial charge is 0.297 e. The zero-order valence-corrected chi connectivity index (χ0v) is 24.7. The summed E-state index contributed by atoms with van der Waals surface area (Å²) in [6, 6.07) is 11.4. The maximum Gasteiger partial charge on any atom is 0.297 e. The van der Waals surface area contributed by atoms with E-state index in [0.29, 0.717) is 0 Å². The van der Waals surface area contributed by atoms with E-state index in [1.807, 2.05) is 0 Å². The molecule has 2 fully saturated rings. The maximum atomic E-state index is 12.6. The molecule has 2 aromatic carbocycles. The molecule has 6 N–H and O–H groups in total. The fourth-order valence-electron chi connectivity index (χ4n) is 4.46. The first kappa shape index (κ1) is 33.8. The average Bonchev–Trinajstić information content (AvgIpc) is 3.21. The highest BCUT2D eigenvalue weighted by Gasteiger charge is 2.58. The first-order valence-electron chi connectivity index (χ1n) is 13.0. The van der Waals surface area contributed by atoms with Gasteiger partial charge in [-0.2, -0.15) is 16.8 Å². The van der Waals surface area contributed by atoms with E-state index in [1.54, 1.807) is 26.0 Å². The van der Waals surface area contributed by atoms with E-state index in [0.717, 1.165) is 11.1 Å². The molecule has 0 saturated carbocycles. The summed E-state index contributed by atoms with van der Waals surface area (Å²) in [5.74, 6) is -2.53. The van der Waals surface area contributed by atoms with Gasteiger partial charge in [0.05, 0.1) is 23.0 Å². The Bertz CT molecular complexity index is 1450. The predicted molar refractivity (Wildman–Crippen MR) is 143 cm³/mol. The Kier molecular flexibility index (Phi) is 10.3. The summed E-state index contributed by atoms with van der Waals surface area (Å²) in [5, 5.41) is 62.6. The number of benzene rings is 2. The topological polar surface area (TPSA) is 236 Å². The molecular weight excluding hydrogens is 616 g/mol. The molecule has 43 heavy (non-hydrogen) atoms. The highest BCUT2D eigenvalue weighted by Crippen LogP contribution is 2.36. The number of aryl methyl sites for hydroxylation is 2. The Morgan fingerprint density at radius 3 is 1.63 bits per heavy atom. The Morgan fingerprint density at radius 1 is 0.698 bits per heavy atom. The van der Waals surface area contributed by atoms with Crippen LogP contribution in [0.3, 0.4) is 0 Å². The molecule has 0 bridgehead atoms. The minimum atomic E-state index is -4.33. The lowest BCUT2D eigenvalue weighted by Gasteiger charge is -2.43. The zero-order valence-electron chi connectivity index (χ0n) is 23.0. The Morgan fingerprint density at radius 2 is 1.16 bits per heavy atom. The van der Waals surface area contributed by atoms with Gasteiger partial charge in [0.25, 0.3) is 20.2 Å². The van der Waals surface area contributed by atoms with Crippen molar-refractivity contribution >= 4 is 20.2 Å². The van der Waals surface area contributed by atoms with Gasteiger partial charge in [-0.05, 0) is 38.1 Å². The minimum absolute atomic E-state index is 0.181. The molecule has 0 amide bonds. The molecule has 0 aliphatic carbocycles.